The molecule has 0 saturated carbocycles. The van der Waals surface area contributed by atoms with Crippen molar-refractivity contribution in [3.8, 4) is 50.8 Å². The van der Waals surface area contributed by atoms with Crippen LogP contribution in [0.2, 0.25) is 0 Å². The molecule has 0 atom stereocenters. The van der Waals surface area contributed by atoms with Gasteiger partial charge < -0.3 is 57.7 Å². The summed E-state index contributed by atoms with van der Waals surface area (Å²) < 4.78 is 17.9. The number of guanidine groups is 2. The smallest absolute Gasteiger partial charge is 0.336 e. The van der Waals surface area contributed by atoms with Crippen LogP contribution in [0.5, 0.6) is 17.2 Å². The van der Waals surface area contributed by atoms with Crippen molar-refractivity contribution in [1.82, 2.24) is 5.32 Å². The monoisotopic (exact) mass is 774 g/mol. The molecule has 6 rings (SSSR count). The zero-order chi connectivity index (χ0) is 39.8. The van der Waals surface area contributed by atoms with E-state index in [0.717, 1.165) is 16.7 Å². The van der Waals surface area contributed by atoms with Crippen molar-refractivity contribution in [1.29, 1.82) is 0 Å². The predicted molar refractivity (Wildman–Crippen MR) is 220 cm³/mol. The maximum absolute atomic E-state index is 12.7. The Morgan fingerprint density at radius 1 is 0.804 bits per heavy atom. The van der Waals surface area contributed by atoms with Crippen LogP contribution in [0.3, 0.4) is 0 Å². The zero-order valence-corrected chi connectivity index (χ0v) is 30.6. The average molecular weight is 775 g/mol. The number of ether oxygens (including phenoxy) is 2. The van der Waals surface area contributed by atoms with Crippen molar-refractivity contribution >= 4 is 51.9 Å². The Labute approximate surface area is 325 Å². The second kappa shape index (κ2) is 17.2. The lowest BCUT2D eigenvalue weighted by Gasteiger charge is -2.18. The summed E-state index contributed by atoms with van der Waals surface area (Å²) in [4.78, 5) is 32.8. The van der Waals surface area contributed by atoms with E-state index >= 15 is 0 Å². The molecule has 0 bridgehead atoms. The molecule has 1 aliphatic heterocycles. The van der Waals surface area contributed by atoms with Gasteiger partial charge >= 0.3 is 5.97 Å². The van der Waals surface area contributed by atoms with Crippen LogP contribution in [0, 0.1) is 0 Å². The first-order valence-corrected chi connectivity index (χ1v) is 17.6. The Balaban J connectivity index is 1.21. The van der Waals surface area contributed by atoms with Crippen LogP contribution in [0.1, 0.15) is 15.9 Å². The molecule has 1 aliphatic carbocycles. The summed E-state index contributed by atoms with van der Waals surface area (Å²) in [5.74, 6) is 0.180. The number of nitrogens with two attached hydrogens (primary N) is 4. The molecule has 0 spiro atoms. The van der Waals surface area contributed by atoms with Gasteiger partial charge in [-0.15, -0.1) is 0 Å². The topological polar surface area (TPSA) is 259 Å². The highest BCUT2D eigenvalue weighted by molar-refractivity contribution is 7.80. The molecule has 0 unspecified atom stereocenters. The number of fused-ring (bicyclic) bond motifs is 2. The number of anilines is 1. The van der Waals surface area contributed by atoms with Gasteiger partial charge in [0.25, 0.3) is 0 Å². The minimum atomic E-state index is -1.18. The third-order valence-electron chi connectivity index (χ3n) is 8.40. The lowest BCUT2D eigenvalue weighted by atomic mass is 9.90. The number of carbonyl (C=O) groups is 1. The third kappa shape index (κ3) is 9.42. The molecule has 0 radical (unpaired) electrons. The van der Waals surface area contributed by atoms with Gasteiger partial charge in [-0.3, -0.25) is 14.8 Å². The first-order valence-electron chi connectivity index (χ1n) is 17.2. The number of phenolic OH excluding ortho intramolecular Hbond substituents is 1. The van der Waals surface area contributed by atoms with Crippen molar-refractivity contribution in [3.05, 3.63) is 118 Å². The molecule has 2 aliphatic rings. The van der Waals surface area contributed by atoms with Crippen molar-refractivity contribution in [2.45, 2.75) is 6.54 Å². The number of carboxylic acids is 1. The molecule has 286 valence electrons. The van der Waals surface area contributed by atoms with Crippen LogP contribution < -0.4 is 48.5 Å². The Morgan fingerprint density at radius 2 is 1.54 bits per heavy atom. The first-order chi connectivity index (χ1) is 26.9. The number of phenols is 1. The molecular weight excluding hydrogens is 737 g/mol. The average Bonchev–Trinajstić information content (AvgIpc) is 3.16. The van der Waals surface area contributed by atoms with E-state index in [4.69, 9.17) is 49.0 Å². The molecule has 56 heavy (non-hydrogen) atoms. The summed E-state index contributed by atoms with van der Waals surface area (Å²) in [5.41, 5.74) is 26.1. The van der Waals surface area contributed by atoms with E-state index < -0.39 is 5.97 Å². The number of aliphatic imine (C=N–C) groups is 2. The van der Waals surface area contributed by atoms with Gasteiger partial charge in [-0.05, 0) is 83.5 Å². The van der Waals surface area contributed by atoms with E-state index in [-0.39, 0.29) is 64.9 Å². The summed E-state index contributed by atoms with van der Waals surface area (Å²) in [6.45, 7) is 1.36. The van der Waals surface area contributed by atoms with Crippen molar-refractivity contribution < 1.29 is 28.9 Å². The van der Waals surface area contributed by atoms with Gasteiger partial charge in [-0.1, -0.05) is 30.3 Å². The van der Waals surface area contributed by atoms with Crippen LogP contribution in [0.25, 0.3) is 44.5 Å². The van der Waals surface area contributed by atoms with E-state index in [0.29, 0.717) is 52.4 Å². The van der Waals surface area contributed by atoms with Crippen LogP contribution >= 0.6 is 12.2 Å². The number of aromatic carboxylic acids is 1. The molecular formula is C40H38N8O7S. The van der Waals surface area contributed by atoms with E-state index in [1.807, 2.05) is 42.5 Å². The third-order valence-corrected chi connectivity index (χ3v) is 8.64. The maximum atomic E-state index is 12.7. The number of thiocarbonyl (C=S) groups is 1. The number of rotatable bonds is 14. The number of aromatic hydroxyl groups is 1. The normalized spacial score (nSPS) is 10.8. The lowest BCUT2D eigenvalue weighted by molar-refractivity contribution is 0.0697. The fourth-order valence-electron chi connectivity index (χ4n) is 5.98. The van der Waals surface area contributed by atoms with E-state index in [2.05, 4.69) is 20.6 Å². The van der Waals surface area contributed by atoms with Gasteiger partial charge in [0.2, 0.25) is 0 Å². The summed E-state index contributed by atoms with van der Waals surface area (Å²) in [5, 5.41) is 27.5. The highest BCUT2D eigenvalue weighted by Gasteiger charge is 2.22. The number of carboxylic acid groups (broad SMARTS) is 1. The summed E-state index contributed by atoms with van der Waals surface area (Å²) in [6.07, 6.45) is 0. The second-order valence-corrected chi connectivity index (χ2v) is 12.8. The van der Waals surface area contributed by atoms with Crippen LogP contribution in [-0.2, 0) is 6.54 Å². The molecule has 1 heterocycles. The fourth-order valence-corrected chi connectivity index (χ4v) is 6.17. The van der Waals surface area contributed by atoms with E-state index in [1.165, 1.54) is 30.3 Å². The molecule has 0 fully saturated rings. The SMILES string of the molecule is NC(N)=NCCOc1cccc(-c2ccc(CNC(=S)Nc3ccc(-c4c5ccc(=O)cc-5oc5cc(O)ccc45)c(C(=O)O)c3)cc2OCCN=C(N)N)c1. The van der Waals surface area contributed by atoms with Gasteiger partial charge in [0.1, 0.15) is 41.8 Å². The van der Waals surface area contributed by atoms with E-state index in [1.54, 1.807) is 24.3 Å². The van der Waals surface area contributed by atoms with Crippen molar-refractivity contribution in [2.75, 3.05) is 31.6 Å². The number of nitrogens with one attached hydrogen (secondary N) is 2. The van der Waals surface area contributed by atoms with Gasteiger partial charge in [-0.25, -0.2) is 4.79 Å². The summed E-state index contributed by atoms with van der Waals surface area (Å²) in [6, 6.07) is 26.9. The van der Waals surface area contributed by atoms with Gasteiger partial charge in [0.15, 0.2) is 22.5 Å². The Kier molecular flexibility index (Phi) is 11.8. The maximum Gasteiger partial charge on any atom is 0.336 e. The molecule has 0 aromatic heterocycles. The number of benzene rings is 5. The highest BCUT2D eigenvalue weighted by Crippen LogP contribution is 2.42. The van der Waals surface area contributed by atoms with E-state index in [9.17, 15) is 19.8 Å². The largest absolute Gasteiger partial charge is 0.508 e. The fraction of sp³-hybridized carbons (Fsp3) is 0.125. The summed E-state index contributed by atoms with van der Waals surface area (Å²) >= 11 is 5.60. The van der Waals surface area contributed by atoms with Crippen molar-refractivity contribution in [3.63, 3.8) is 0 Å². The molecule has 15 nitrogen and oxygen atoms in total. The number of hydrogen-bond acceptors (Lipinski definition) is 9. The summed E-state index contributed by atoms with van der Waals surface area (Å²) in [7, 11) is 0. The molecule has 4 aromatic carbocycles. The quantitative estimate of drug-likeness (QED) is 0.0251. The molecule has 0 amide bonds. The van der Waals surface area contributed by atoms with Crippen LogP contribution in [0.4, 0.5) is 5.69 Å². The minimum absolute atomic E-state index is 0.00784. The molecule has 12 N–H and O–H groups in total. The minimum Gasteiger partial charge on any atom is -0.508 e. The second-order valence-electron chi connectivity index (χ2n) is 12.4. The number of nitrogens with zero attached hydrogens (tertiary/aromatic N) is 2. The lowest BCUT2D eigenvalue weighted by Crippen LogP contribution is -2.28. The van der Waals surface area contributed by atoms with Crippen LogP contribution in [-0.4, -0.2) is 59.5 Å². The molecule has 4 aromatic rings. The van der Waals surface area contributed by atoms with Gasteiger partial charge in [0, 0.05) is 46.4 Å². The number of hydrogen-bond donors (Lipinski definition) is 8. The Bertz CT molecular complexity index is 2510. The van der Waals surface area contributed by atoms with Crippen LogP contribution in [0.15, 0.2) is 116 Å². The molecule has 0 saturated heterocycles. The predicted octanol–water partition coefficient (Wildman–Crippen LogP) is 4.43. The van der Waals surface area contributed by atoms with Gasteiger partial charge in [0.05, 0.1) is 18.7 Å². The highest BCUT2D eigenvalue weighted by atomic mass is 32.1. The standard InChI is InChI=1S/C40H38N8O7S/c41-38(42)45-12-14-53-27-3-1-2-23(17-27)28-8-4-22(16-33(28)54-15-13-46-39(43)44)21-47-40(56)48-24-5-9-29(32(18-24)37(51)52)36-30-10-6-25(49)19-34(30)55-35-20-26(50)7-11-31(35)36/h1-11,16-20,49H,12-15,21H2,(H,51,52)(H4,41,42,45)(H4,43,44,46)(H2,47,48,56). The molecule has 16 heteroatoms. The van der Waals surface area contributed by atoms with Crippen molar-refractivity contribution in [2.24, 2.45) is 32.9 Å². The Hall–Kier alpha value is -7.33. The first kappa shape index (κ1) is 38.4. The Morgan fingerprint density at radius 3 is 2.29 bits per heavy atom. The zero-order valence-electron chi connectivity index (χ0n) is 29.8. The van der Waals surface area contributed by atoms with Gasteiger partial charge in [-0.2, -0.15) is 0 Å².